The Balaban J connectivity index is 2.14. The molecule has 1 aromatic carbocycles. The molecule has 0 N–H and O–H groups in total. The molecule has 0 fully saturated rings. The van der Waals surface area contributed by atoms with E-state index in [1.807, 2.05) is 43.5 Å². The highest BCUT2D eigenvalue weighted by molar-refractivity contribution is 5.79. The van der Waals surface area contributed by atoms with Crippen LogP contribution in [-0.2, 0) is 4.79 Å². The van der Waals surface area contributed by atoms with Gasteiger partial charge in [-0.2, -0.15) is 5.10 Å². The Morgan fingerprint density at radius 1 is 1.44 bits per heavy atom. The molecule has 16 heavy (non-hydrogen) atoms. The van der Waals surface area contributed by atoms with E-state index in [1.165, 1.54) is 0 Å². The Morgan fingerprint density at radius 3 is 2.88 bits per heavy atom. The van der Waals surface area contributed by atoms with E-state index in [1.54, 1.807) is 5.01 Å². The van der Waals surface area contributed by atoms with Gasteiger partial charge in [0.1, 0.15) is 0 Å². The van der Waals surface area contributed by atoms with Crippen LogP contribution >= 0.6 is 0 Å². The second kappa shape index (κ2) is 4.92. The maximum Gasteiger partial charge on any atom is 0.243 e. The third-order valence-electron chi connectivity index (χ3n) is 2.73. The summed E-state index contributed by atoms with van der Waals surface area (Å²) in [5.41, 5.74) is 1.16. The molecule has 1 atom stereocenters. The fourth-order valence-electron chi connectivity index (χ4n) is 1.93. The van der Waals surface area contributed by atoms with Crippen LogP contribution in [0, 0.1) is 0 Å². The quantitative estimate of drug-likeness (QED) is 0.764. The summed E-state index contributed by atoms with van der Waals surface area (Å²) in [6.07, 6.45) is 4.08. The van der Waals surface area contributed by atoms with Crippen LogP contribution in [0.1, 0.15) is 37.8 Å². The number of rotatable bonds is 3. The lowest BCUT2D eigenvalue weighted by Crippen LogP contribution is -2.26. The molecule has 1 unspecified atom stereocenters. The molecule has 1 heterocycles. The number of hydrazone groups is 1. The number of hydrogen-bond acceptors (Lipinski definition) is 2. The highest BCUT2D eigenvalue weighted by Crippen LogP contribution is 2.28. The average Bonchev–Trinajstić information content (AvgIpc) is 2.79. The van der Waals surface area contributed by atoms with Crippen molar-refractivity contribution < 1.29 is 4.79 Å². The van der Waals surface area contributed by atoms with Gasteiger partial charge in [-0.15, -0.1) is 0 Å². The lowest BCUT2D eigenvalue weighted by molar-refractivity contribution is -0.133. The van der Waals surface area contributed by atoms with Gasteiger partial charge in [0, 0.05) is 19.1 Å². The summed E-state index contributed by atoms with van der Waals surface area (Å²) in [6.45, 7) is 2.01. The first-order valence-corrected chi connectivity index (χ1v) is 5.72. The Hall–Kier alpha value is -1.64. The fraction of sp³-hybridized carbons (Fsp3) is 0.385. The highest BCUT2D eigenvalue weighted by atomic mass is 16.2. The minimum Gasteiger partial charge on any atom is -0.273 e. The molecule has 0 aliphatic carbocycles. The summed E-state index contributed by atoms with van der Waals surface area (Å²) in [5, 5.41) is 5.79. The predicted molar refractivity (Wildman–Crippen MR) is 64.0 cm³/mol. The molecule has 1 aliphatic rings. The first-order chi connectivity index (χ1) is 7.83. The normalized spacial score (nSPS) is 19.1. The summed E-state index contributed by atoms with van der Waals surface area (Å²) >= 11 is 0. The summed E-state index contributed by atoms with van der Waals surface area (Å²) in [7, 11) is 0. The Kier molecular flexibility index (Phi) is 3.34. The monoisotopic (exact) mass is 216 g/mol. The predicted octanol–water partition coefficient (Wildman–Crippen LogP) is 2.75. The standard InChI is InChI=1S/C13H16N2O/c1-2-6-13(16)15-12(9-10-14-15)11-7-4-3-5-8-11/h3-5,7-8,10,12H,2,6,9H2,1H3. The summed E-state index contributed by atoms with van der Waals surface area (Å²) in [6, 6.07) is 10.2. The minimum absolute atomic E-state index is 0.0975. The summed E-state index contributed by atoms with van der Waals surface area (Å²) < 4.78 is 0. The molecule has 0 radical (unpaired) electrons. The number of carbonyl (C=O) groups is 1. The van der Waals surface area contributed by atoms with E-state index >= 15 is 0 Å². The first kappa shape index (κ1) is 10.9. The van der Waals surface area contributed by atoms with Crippen molar-refractivity contribution in [2.75, 3.05) is 0 Å². The van der Waals surface area contributed by atoms with Crippen LogP contribution in [0.4, 0.5) is 0 Å². The number of benzene rings is 1. The lowest BCUT2D eigenvalue weighted by atomic mass is 10.0. The van der Waals surface area contributed by atoms with Crippen LogP contribution in [0.3, 0.4) is 0 Å². The van der Waals surface area contributed by atoms with Crippen molar-refractivity contribution in [2.24, 2.45) is 5.10 Å². The highest BCUT2D eigenvalue weighted by Gasteiger charge is 2.26. The van der Waals surface area contributed by atoms with E-state index in [2.05, 4.69) is 5.10 Å². The van der Waals surface area contributed by atoms with Crippen molar-refractivity contribution in [1.82, 2.24) is 5.01 Å². The van der Waals surface area contributed by atoms with Gasteiger partial charge in [0.25, 0.3) is 0 Å². The molecule has 1 aromatic rings. The van der Waals surface area contributed by atoms with Crippen molar-refractivity contribution in [1.29, 1.82) is 0 Å². The largest absolute Gasteiger partial charge is 0.273 e. The zero-order valence-electron chi connectivity index (χ0n) is 9.47. The fourth-order valence-corrected chi connectivity index (χ4v) is 1.93. The molecule has 84 valence electrons. The van der Waals surface area contributed by atoms with E-state index in [0.29, 0.717) is 6.42 Å². The van der Waals surface area contributed by atoms with Crippen LogP contribution in [0.15, 0.2) is 35.4 Å². The second-order valence-electron chi connectivity index (χ2n) is 3.95. The number of carbonyl (C=O) groups excluding carboxylic acids is 1. The summed E-state index contributed by atoms with van der Waals surface area (Å²) in [5.74, 6) is 0.116. The maximum atomic E-state index is 11.8. The van der Waals surface area contributed by atoms with Crippen LogP contribution in [0.25, 0.3) is 0 Å². The molecular formula is C13H16N2O. The molecule has 1 aliphatic heterocycles. The van der Waals surface area contributed by atoms with Gasteiger partial charge in [0.2, 0.25) is 5.91 Å². The molecule has 0 aromatic heterocycles. The van der Waals surface area contributed by atoms with Gasteiger partial charge in [0.15, 0.2) is 0 Å². The molecule has 0 spiro atoms. The van der Waals surface area contributed by atoms with Gasteiger partial charge >= 0.3 is 0 Å². The SMILES string of the molecule is CCCC(=O)N1N=CCC1c1ccccc1. The minimum atomic E-state index is 0.0975. The molecular weight excluding hydrogens is 200 g/mol. The zero-order chi connectivity index (χ0) is 11.4. The number of hydrogen-bond donors (Lipinski definition) is 0. The smallest absolute Gasteiger partial charge is 0.243 e. The third kappa shape index (κ3) is 2.13. The van der Waals surface area contributed by atoms with Gasteiger partial charge in [-0.1, -0.05) is 37.3 Å². The molecule has 2 rings (SSSR count). The van der Waals surface area contributed by atoms with E-state index in [4.69, 9.17) is 0 Å². The molecule has 1 amide bonds. The van der Waals surface area contributed by atoms with Crippen LogP contribution in [0.5, 0.6) is 0 Å². The van der Waals surface area contributed by atoms with E-state index in [9.17, 15) is 4.79 Å². The van der Waals surface area contributed by atoms with Crippen molar-refractivity contribution in [3.05, 3.63) is 35.9 Å². The van der Waals surface area contributed by atoms with Gasteiger partial charge < -0.3 is 0 Å². The number of nitrogens with zero attached hydrogens (tertiary/aromatic N) is 2. The average molecular weight is 216 g/mol. The second-order valence-corrected chi connectivity index (χ2v) is 3.95. The van der Waals surface area contributed by atoms with Gasteiger partial charge in [-0.25, -0.2) is 5.01 Å². The van der Waals surface area contributed by atoms with Crippen molar-refractivity contribution in [3.8, 4) is 0 Å². The molecule has 3 nitrogen and oxygen atoms in total. The van der Waals surface area contributed by atoms with Crippen LogP contribution in [-0.4, -0.2) is 17.1 Å². The van der Waals surface area contributed by atoms with Gasteiger partial charge in [-0.3, -0.25) is 4.79 Å². The molecule has 0 bridgehead atoms. The molecule has 0 saturated heterocycles. The molecule has 3 heteroatoms. The maximum absolute atomic E-state index is 11.8. The van der Waals surface area contributed by atoms with Crippen LogP contribution < -0.4 is 0 Å². The van der Waals surface area contributed by atoms with E-state index < -0.39 is 0 Å². The first-order valence-electron chi connectivity index (χ1n) is 5.72. The Bertz CT molecular complexity index is 386. The summed E-state index contributed by atoms with van der Waals surface area (Å²) in [4.78, 5) is 11.8. The van der Waals surface area contributed by atoms with Gasteiger partial charge in [0.05, 0.1) is 6.04 Å². The van der Waals surface area contributed by atoms with E-state index in [0.717, 1.165) is 18.4 Å². The van der Waals surface area contributed by atoms with Crippen LogP contribution in [0.2, 0.25) is 0 Å². The third-order valence-corrected chi connectivity index (χ3v) is 2.73. The van der Waals surface area contributed by atoms with E-state index in [-0.39, 0.29) is 11.9 Å². The topological polar surface area (TPSA) is 32.7 Å². The Morgan fingerprint density at radius 2 is 2.19 bits per heavy atom. The van der Waals surface area contributed by atoms with Crippen molar-refractivity contribution in [3.63, 3.8) is 0 Å². The number of amides is 1. The van der Waals surface area contributed by atoms with Crippen molar-refractivity contribution in [2.45, 2.75) is 32.2 Å². The Labute approximate surface area is 95.8 Å². The molecule has 0 saturated carbocycles. The van der Waals surface area contributed by atoms with Gasteiger partial charge in [-0.05, 0) is 12.0 Å². The zero-order valence-corrected chi connectivity index (χ0v) is 9.47. The van der Waals surface area contributed by atoms with Crippen molar-refractivity contribution >= 4 is 12.1 Å². The lowest BCUT2D eigenvalue weighted by Gasteiger charge is -2.21.